The van der Waals surface area contributed by atoms with E-state index in [0.29, 0.717) is 0 Å². The quantitative estimate of drug-likeness (QED) is 0.493. The topological polar surface area (TPSA) is 16.4 Å². The third-order valence-corrected chi connectivity index (χ3v) is 7.55. The molecule has 2 atom stereocenters. The van der Waals surface area contributed by atoms with E-state index in [-0.39, 0.29) is 5.54 Å². The summed E-state index contributed by atoms with van der Waals surface area (Å²) >= 11 is 1.84. The fraction of sp³-hybridized carbons (Fsp3) is 0.364. The Bertz CT molecular complexity index is 938. The number of anilines is 1. The lowest BCUT2D eigenvalue weighted by molar-refractivity contribution is 0.305. The van der Waals surface area contributed by atoms with Crippen LogP contribution in [0.2, 0.25) is 0 Å². The maximum absolute atomic E-state index is 5.74. The molecule has 1 spiro atoms. The zero-order valence-corrected chi connectivity index (χ0v) is 15.4. The second-order valence-electron chi connectivity index (χ2n) is 7.43. The van der Waals surface area contributed by atoms with E-state index in [4.69, 9.17) is 4.42 Å². The maximum atomic E-state index is 5.74. The van der Waals surface area contributed by atoms with Gasteiger partial charge in [-0.05, 0) is 54.5 Å². The van der Waals surface area contributed by atoms with E-state index in [2.05, 4.69) is 54.8 Å². The smallest absolute Gasteiger partial charge is 0.188 e. The van der Waals surface area contributed by atoms with Gasteiger partial charge in [-0.25, -0.2) is 0 Å². The predicted molar refractivity (Wildman–Crippen MR) is 105 cm³/mol. The number of benzene rings is 1. The second-order valence-corrected chi connectivity index (χ2v) is 8.42. The summed E-state index contributed by atoms with van der Waals surface area (Å²) in [6, 6.07) is 13.0. The molecule has 1 aliphatic carbocycles. The number of rotatable bonds is 2. The fourth-order valence-corrected chi connectivity index (χ4v) is 6.27. The Hall–Kier alpha value is -2.00. The second kappa shape index (κ2) is 5.50. The summed E-state index contributed by atoms with van der Waals surface area (Å²) in [7, 11) is 0. The number of thiophene rings is 1. The third kappa shape index (κ3) is 2.02. The molecule has 0 N–H and O–H groups in total. The molecule has 3 heterocycles. The third-order valence-electron chi connectivity index (χ3n) is 6.26. The number of nitrogens with zero attached hydrogens (tertiary/aromatic N) is 1. The lowest BCUT2D eigenvalue weighted by atomic mass is 9.71. The van der Waals surface area contributed by atoms with Crippen molar-refractivity contribution in [2.75, 3.05) is 4.90 Å². The van der Waals surface area contributed by atoms with Gasteiger partial charge in [-0.3, -0.25) is 0 Å². The lowest BCUT2D eigenvalue weighted by Gasteiger charge is -2.46. The molecule has 5 rings (SSSR count). The monoisotopic (exact) mass is 349 g/mol. The molecule has 0 amide bonds. The Morgan fingerprint density at radius 3 is 2.88 bits per heavy atom. The Balaban J connectivity index is 1.69. The zero-order valence-electron chi connectivity index (χ0n) is 14.6. The van der Waals surface area contributed by atoms with Gasteiger partial charge in [0, 0.05) is 22.5 Å². The average Bonchev–Trinajstić information content (AvgIpc) is 3.30. The Labute approximate surface area is 152 Å². The minimum absolute atomic E-state index is 0.0471. The first-order chi connectivity index (χ1) is 12.2. The van der Waals surface area contributed by atoms with Crippen LogP contribution in [0.4, 0.5) is 5.69 Å². The first-order valence-corrected chi connectivity index (χ1v) is 10.1. The summed E-state index contributed by atoms with van der Waals surface area (Å²) in [5, 5.41) is 1.29. The molecule has 1 aromatic carbocycles. The average molecular weight is 349 g/mol. The highest BCUT2D eigenvalue weighted by molar-refractivity contribution is 7.18. The van der Waals surface area contributed by atoms with Gasteiger partial charge >= 0.3 is 0 Å². The molecule has 2 aromatic heterocycles. The Morgan fingerprint density at radius 2 is 2.12 bits per heavy atom. The molecule has 2 nitrogen and oxygen atoms in total. The minimum Gasteiger partial charge on any atom is -0.454 e. The van der Waals surface area contributed by atoms with Crippen LogP contribution in [0.15, 0.2) is 59.2 Å². The lowest BCUT2D eigenvalue weighted by Crippen LogP contribution is -2.45. The van der Waals surface area contributed by atoms with Gasteiger partial charge in [-0.15, -0.1) is 0 Å². The molecular weight excluding hydrogens is 326 g/mol. The summed E-state index contributed by atoms with van der Waals surface area (Å²) < 4.78 is 5.74. The van der Waals surface area contributed by atoms with Crippen molar-refractivity contribution in [3.8, 4) is 0 Å². The Morgan fingerprint density at radius 1 is 1.28 bits per heavy atom. The minimum atomic E-state index is -0.0471. The number of fused-ring (bicyclic) bond motifs is 4. The summed E-state index contributed by atoms with van der Waals surface area (Å²) in [6.45, 7) is 7.87. The van der Waals surface area contributed by atoms with Crippen molar-refractivity contribution in [2.24, 2.45) is 5.92 Å². The van der Waals surface area contributed by atoms with Crippen LogP contribution in [-0.4, -0.2) is 0 Å². The molecule has 0 radical (unpaired) electrons. The molecule has 3 aromatic rings. The highest BCUT2D eigenvalue weighted by Gasteiger charge is 2.51. The van der Waals surface area contributed by atoms with Crippen LogP contribution in [-0.2, 0) is 12.1 Å². The van der Waals surface area contributed by atoms with Crippen LogP contribution in [0.25, 0.3) is 10.3 Å². The van der Waals surface area contributed by atoms with Crippen LogP contribution in [0.3, 0.4) is 0 Å². The predicted octanol–water partition coefficient (Wildman–Crippen LogP) is 6.48. The van der Waals surface area contributed by atoms with Crippen molar-refractivity contribution < 1.29 is 4.42 Å². The maximum Gasteiger partial charge on any atom is 0.188 e. The van der Waals surface area contributed by atoms with E-state index in [0.717, 1.165) is 30.2 Å². The summed E-state index contributed by atoms with van der Waals surface area (Å²) in [4.78, 5) is 5.15. The largest absolute Gasteiger partial charge is 0.454 e. The van der Waals surface area contributed by atoms with Gasteiger partial charge in [0.15, 0.2) is 4.90 Å². The van der Waals surface area contributed by atoms with E-state index in [1.165, 1.54) is 39.9 Å². The molecule has 3 heteroatoms. The number of hydrogen-bond donors (Lipinski definition) is 0. The van der Waals surface area contributed by atoms with Gasteiger partial charge in [-0.1, -0.05) is 49.5 Å². The van der Waals surface area contributed by atoms with Crippen molar-refractivity contribution in [2.45, 2.75) is 44.7 Å². The van der Waals surface area contributed by atoms with E-state index in [9.17, 15) is 0 Å². The van der Waals surface area contributed by atoms with Crippen LogP contribution in [0, 0.1) is 5.92 Å². The van der Waals surface area contributed by atoms with Crippen LogP contribution in [0.5, 0.6) is 0 Å². The molecule has 25 heavy (non-hydrogen) atoms. The van der Waals surface area contributed by atoms with E-state index in [1.54, 1.807) is 0 Å². The van der Waals surface area contributed by atoms with Crippen molar-refractivity contribution in [1.82, 2.24) is 0 Å². The summed E-state index contributed by atoms with van der Waals surface area (Å²) in [5.41, 5.74) is 4.10. The molecule has 2 aliphatic rings. The van der Waals surface area contributed by atoms with Crippen LogP contribution >= 0.6 is 11.3 Å². The number of para-hydroxylation sites is 1. The van der Waals surface area contributed by atoms with Gasteiger partial charge in [0.25, 0.3) is 0 Å². The molecular formula is C22H23NOS. The van der Waals surface area contributed by atoms with Gasteiger partial charge in [0.1, 0.15) is 0 Å². The SMILES string of the molecule is C=C1CC(CC)CCC12c1sc3occc3c1CN2c1ccccc1. The van der Waals surface area contributed by atoms with E-state index < -0.39 is 0 Å². The standard InChI is InChI=1S/C22H23NOS/c1-3-16-9-11-22(15(2)13-16)20-19(18-10-12-24-21(18)25-20)14-23(22)17-7-5-4-6-8-17/h4-8,10,12,16H,2-3,9,11,13-14H2,1H3. The van der Waals surface area contributed by atoms with Crippen molar-refractivity contribution >= 4 is 27.3 Å². The number of furan rings is 1. The van der Waals surface area contributed by atoms with Crippen LogP contribution in [0.1, 0.15) is 43.0 Å². The first-order valence-electron chi connectivity index (χ1n) is 9.24. The van der Waals surface area contributed by atoms with Gasteiger partial charge < -0.3 is 9.32 Å². The van der Waals surface area contributed by atoms with E-state index >= 15 is 0 Å². The first kappa shape index (κ1) is 15.3. The summed E-state index contributed by atoms with van der Waals surface area (Å²) in [6.07, 6.45) is 6.65. The highest BCUT2D eigenvalue weighted by Crippen LogP contribution is 2.58. The molecule has 1 aliphatic heterocycles. The summed E-state index contributed by atoms with van der Waals surface area (Å²) in [5.74, 6) is 0.780. The molecule has 2 unspecified atom stereocenters. The molecule has 1 fully saturated rings. The van der Waals surface area contributed by atoms with Crippen LogP contribution < -0.4 is 4.90 Å². The van der Waals surface area contributed by atoms with Crippen molar-refractivity contribution in [1.29, 1.82) is 0 Å². The normalized spacial score (nSPS) is 25.9. The highest BCUT2D eigenvalue weighted by atomic mass is 32.1. The molecule has 1 saturated carbocycles. The fourth-order valence-electron chi connectivity index (χ4n) is 4.86. The van der Waals surface area contributed by atoms with Gasteiger partial charge in [-0.2, -0.15) is 0 Å². The van der Waals surface area contributed by atoms with Gasteiger partial charge in [0.05, 0.1) is 11.8 Å². The van der Waals surface area contributed by atoms with Gasteiger partial charge in [0.2, 0.25) is 0 Å². The number of hydrogen-bond acceptors (Lipinski definition) is 3. The van der Waals surface area contributed by atoms with E-state index in [1.807, 2.05) is 17.6 Å². The van der Waals surface area contributed by atoms with Crippen molar-refractivity contribution in [3.63, 3.8) is 0 Å². The zero-order chi connectivity index (χ0) is 17.0. The molecule has 0 bridgehead atoms. The molecule has 128 valence electrons. The van der Waals surface area contributed by atoms with Crippen molar-refractivity contribution in [3.05, 3.63) is 65.3 Å². The molecule has 0 saturated heterocycles. The Kier molecular flexibility index (Phi) is 3.36.